The molecule has 0 aliphatic heterocycles. The first kappa shape index (κ1) is 12.8. The Morgan fingerprint density at radius 3 is 2.80 bits per heavy atom. The number of aromatic nitrogens is 2. The Bertz CT molecular complexity index is 762. The summed E-state index contributed by atoms with van der Waals surface area (Å²) in [6.45, 7) is 0.807. The van der Waals surface area contributed by atoms with E-state index in [4.69, 9.17) is 0 Å². The monoisotopic (exact) mass is 269 g/mol. The minimum absolute atomic E-state index is 0.245. The highest BCUT2D eigenvalue weighted by Gasteiger charge is 2.10. The van der Waals surface area contributed by atoms with Gasteiger partial charge in [-0.05, 0) is 36.9 Å². The fourth-order valence-electron chi connectivity index (χ4n) is 2.45. The number of hydrogen-bond donors (Lipinski definition) is 1. The summed E-state index contributed by atoms with van der Waals surface area (Å²) in [4.78, 5) is 4.64. The maximum absolute atomic E-state index is 13.4. The standard InChI is InChI=1S/C16H16FN3/c1-18-10-11-6-7-15-14(8-11)19-16(20(15)2)12-4-3-5-13(17)9-12/h3-9,18H,10H2,1-2H3. The molecule has 0 saturated carbocycles. The lowest BCUT2D eigenvalue weighted by atomic mass is 10.2. The SMILES string of the molecule is CNCc1ccc2c(c1)nc(-c1cccc(F)c1)n2C. The van der Waals surface area contributed by atoms with E-state index in [0.717, 1.165) is 29.0 Å². The van der Waals surface area contributed by atoms with Crippen molar-refractivity contribution in [3.63, 3.8) is 0 Å². The van der Waals surface area contributed by atoms with Crippen molar-refractivity contribution in [1.82, 2.24) is 14.9 Å². The van der Waals surface area contributed by atoms with Crippen molar-refractivity contribution < 1.29 is 4.39 Å². The van der Waals surface area contributed by atoms with Gasteiger partial charge in [0.25, 0.3) is 0 Å². The van der Waals surface area contributed by atoms with Crippen LogP contribution in [0.2, 0.25) is 0 Å². The van der Waals surface area contributed by atoms with E-state index in [1.165, 1.54) is 17.7 Å². The molecule has 20 heavy (non-hydrogen) atoms. The zero-order chi connectivity index (χ0) is 14.1. The second kappa shape index (κ2) is 5.06. The molecule has 1 aromatic heterocycles. The fourth-order valence-corrected chi connectivity index (χ4v) is 2.45. The molecule has 0 aliphatic carbocycles. The molecule has 1 heterocycles. The van der Waals surface area contributed by atoms with Crippen LogP contribution >= 0.6 is 0 Å². The van der Waals surface area contributed by atoms with Gasteiger partial charge in [-0.3, -0.25) is 0 Å². The number of fused-ring (bicyclic) bond motifs is 1. The second-order valence-corrected chi connectivity index (χ2v) is 4.86. The fraction of sp³-hybridized carbons (Fsp3) is 0.188. The Morgan fingerprint density at radius 1 is 1.20 bits per heavy atom. The molecule has 3 rings (SSSR count). The average Bonchev–Trinajstić information content (AvgIpc) is 2.76. The van der Waals surface area contributed by atoms with Gasteiger partial charge in [-0.2, -0.15) is 0 Å². The van der Waals surface area contributed by atoms with Gasteiger partial charge in [-0.1, -0.05) is 18.2 Å². The number of rotatable bonds is 3. The van der Waals surface area contributed by atoms with Gasteiger partial charge in [0.1, 0.15) is 11.6 Å². The summed E-state index contributed by atoms with van der Waals surface area (Å²) in [6, 6.07) is 12.7. The molecule has 0 saturated heterocycles. The maximum Gasteiger partial charge on any atom is 0.140 e. The van der Waals surface area contributed by atoms with Gasteiger partial charge in [0.2, 0.25) is 0 Å². The molecule has 2 aromatic carbocycles. The topological polar surface area (TPSA) is 29.9 Å². The van der Waals surface area contributed by atoms with Crippen LogP contribution in [0, 0.1) is 5.82 Å². The molecule has 0 unspecified atom stereocenters. The van der Waals surface area contributed by atoms with Crippen LogP contribution < -0.4 is 5.32 Å². The van der Waals surface area contributed by atoms with E-state index < -0.39 is 0 Å². The smallest absolute Gasteiger partial charge is 0.140 e. The highest BCUT2D eigenvalue weighted by molar-refractivity contribution is 5.81. The molecule has 0 atom stereocenters. The van der Waals surface area contributed by atoms with Gasteiger partial charge in [0, 0.05) is 19.2 Å². The lowest BCUT2D eigenvalue weighted by molar-refractivity contribution is 0.628. The minimum atomic E-state index is -0.245. The summed E-state index contributed by atoms with van der Waals surface area (Å²) in [5, 5.41) is 3.13. The molecule has 0 aliphatic rings. The van der Waals surface area contributed by atoms with Gasteiger partial charge in [-0.15, -0.1) is 0 Å². The Hall–Kier alpha value is -2.20. The van der Waals surface area contributed by atoms with Crippen LogP contribution in [0.25, 0.3) is 22.4 Å². The Kier molecular flexibility index (Phi) is 3.24. The molecule has 0 radical (unpaired) electrons. The van der Waals surface area contributed by atoms with Crippen LogP contribution in [-0.4, -0.2) is 16.6 Å². The summed E-state index contributed by atoms with van der Waals surface area (Å²) < 4.78 is 15.4. The predicted octanol–water partition coefficient (Wildman–Crippen LogP) is 3.10. The first-order chi connectivity index (χ1) is 9.69. The van der Waals surface area contributed by atoms with Gasteiger partial charge in [-0.25, -0.2) is 9.37 Å². The van der Waals surface area contributed by atoms with E-state index in [1.54, 1.807) is 6.07 Å². The Balaban J connectivity index is 2.15. The molecule has 0 spiro atoms. The second-order valence-electron chi connectivity index (χ2n) is 4.86. The minimum Gasteiger partial charge on any atom is -0.327 e. The van der Waals surface area contributed by atoms with Crippen LogP contribution in [0.3, 0.4) is 0 Å². The molecule has 3 nitrogen and oxygen atoms in total. The third-order valence-electron chi connectivity index (χ3n) is 3.41. The Labute approximate surface area is 117 Å². The number of aryl methyl sites for hydroxylation is 1. The zero-order valence-electron chi connectivity index (χ0n) is 11.5. The predicted molar refractivity (Wildman–Crippen MR) is 78.9 cm³/mol. The van der Waals surface area contributed by atoms with Gasteiger partial charge in [0.05, 0.1) is 11.0 Å². The van der Waals surface area contributed by atoms with E-state index >= 15 is 0 Å². The quantitative estimate of drug-likeness (QED) is 0.792. The van der Waals surface area contributed by atoms with Crippen molar-refractivity contribution in [2.75, 3.05) is 7.05 Å². The van der Waals surface area contributed by atoms with Crippen LogP contribution in [-0.2, 0) is 13.6 Å². The van der Waals surface area contributed by atoms with Crippen molar-refractivity contribution >= 4 is 11.0 Å². The molecular weight excluding hydrogens is 253 g/mol. The third-order valence-corrected chi connectivity index (χ3v) is 3.41. The molecule has 0 fully saturated rings. The van der Waals surface area contributed by atoms with Crippen LogP contribution in [0.5, 0.6) is 0 Å². The first-order valence-electron chi connectivity index (χ1n) is 6.55. The summed E-state index contributed by atoms with van der Waals surface area (Å²) in [7, 11) is 3.87. The first-order valence-corrected chi connectivity index (χ1v) is 6.55. The molecule has 0 amide bonds. The van der Waals surface area contributed by atoms with Crippen LogP contribution in [0.15, 0.2) is 42.5 Å². The Morgan fingerprint density at radius 2 is 2.05 bits per heavy atom. The van der Waals surface area contributed by atoms with Gasteiger partial charge in [0.15, 0.2) is 0 Å². The number of halogens is 1. The number of hydrogen-bond acceptors (Lipinski definition) is 2. The molecular formula is C16H16FN3. The number of nitrogens with one attached hydrogen (secondary N) is 1. The average molecular weight is 269 g/mol. The van der Waals surface area contributed by atoms with Crippen LogP contribution in [0.1, 0.15) is 5.56 Å². The van der Waals surface area contributed by atoms with Crippen molar-refractivity contribution in [3.8, 4) is 11.4 Å². The van der Waals surface area contributed by atoms with Crippen molar-refractivity contribution in [1.29, 1.82) is 0 Å². The molecule has 1 N–H and O–H groups in total. The van der Waals surface area contributed by atoms with E-state index in [9.17, 15) is 4.39 Å². The maximum atomic E-state index is 13.4. The zero-order valence-corrected chi connectivity index (χ0v) is 11.5. The number of imidazole rings is 1. The summed E-state index contributed by atoms with van der Waals surface area (Å²) in [6.07, 6.45) is 0. The largest absolute Gasteiger partial charge is 0.327 e. The summed E-state index contributed by atoms with van der Waals surface area (Å²) >= 11 is 0. The van der Waals surface area contributed by atoms with Crippen molar-refractivity contribution in [3.05, 3.63) is 53.8 Å². The lowest BCUT2D eigenvalue weighted by Crippen LogP contribution is -2.04. The lowest BCUT2D eigenvalue weighted by Gasteiger charge is -2.03. The molecule has 0 bridgehead atoms. The molecule has 102 valence electrons. The number of nitrogens with zero attached hydrogens (tertiary/aromatic N) is 2. The van der Waals surface area contributed by atoms with Gasteiger partial charge < -0.3 is 9.88 Å². The van der Waals surface area contributed by atoms with Crippen molar-refractivity contribution in [2.45, 2.75) is 6.54 Å². The normalized spacial score (nSPS) is 11.2. The van der Waals surface area contributed by atoms with E-state index in [-0.39, 0.29) is 5.82 Å². The summed E-state index contributed by atoms with van der Waals surface area (Å²) in [5.41, 5.74) is 3.95. The number of benzene rings is 2. The molecule has 4 heteroatoms. The summed E-state index contributed by atoms with van der Waals surface area (Å²) in [5.74, 6) is 0.534. The van der Waals surface area contributed by atoms with Crippen molar-refractivity contribution in [2.24, 2.45) is 7.05 Å². The highest BCUT2D eigenvalue weighted by Crippen LogP contribution is 2.24. The highest BCUT2D eigenvalue weighted by atomic mass is 19.1. The molecule has 3 aromatic rings. The van der Waals surface area contributed by atoms with E-state index in [1.807, 2.05) is 24.7 Å². The van der Waals surface area contributed by atoms with E-state index in [2.05, 4.69) is 28.5 Å². The third kappa shape index (κ3) is 2.18. The van der Waals surface area contributed by atoms with E-state index in [0.29, 0.717) is 0 Å². The van der Waals surface area contributed by atoms with Gasteiger partial charge >= 0.3 is 0 Å². The van der Waals surface area contributed by atoms with Crippen LogP contribution in [0.4, 0.5) is 4.39 Å².